The smallest absolute Gasteiger partial charge is 0.357 e. The number of hydrogen-bond donors (Lipinski definition) is 1. The third-order valence-electron chi connectivity index (χ3n) is 2.43. The van der Waals surface area contributed by atoms with E-state index >= 15 is 0 Å². The summed E-state index contributed by atoms with van der Waals surface area (Å²) in [6, 6.07) is 2.84. The maximum atomic E-state index is 12.7. The molecule has 19 heavy (non-hydrogen) atoms. The zero-order chi connectivity index (χ0) is 14.5. The molecule has 0 unspecified atom stereocenters. The van der Waals surface area contributed by atoms with E-state index in [1.54, 1.807) is 11.8 Å². The van der Waals surface area contributed by atoms with E-state index in [1.807, 2.05) is 6.07 Å². The van der Waals surface area contributed by atoms with Gasteiger partial charge in [-0.05, 0) is 6.92 Å². The summed E-state index contributed by atoms with van der Waals surface area (Å²) in [5.74, 6) is 0.0599. The maximum Gasteiger partial charge on any atom is 0.433 e. The lowest BCUT2D eigenvalue weighted by molar-refractivity contribution is -0.141. The average Bonchev–Trinajstić information content (AvgIpc) is 2.38. The topological polar surface area (TPSA) is 64.8 Å². The van der Waals surface area contributed by atoms with Gasteiger partial charge in [-0.15, -0.1) is 0 Å². The largest absolute Gasteiger partial charge is 0.433 e. The molecule has 0 atom stereocenters. The predicted molar refractivity (Wildman–Crippen MR) is 64.7 cm³/mol. The summed E-state index contributed by atoms with van der Waals surface area (Å²) in [5, 5.41) is 11.0. The van der Waals surface area contributed by atoms with Crippen LogP contribution in [0.15, 0.2) is 6.07 Å². The van der Waals surface area contributed by atoms with E-state index in [1.165, 1.54) is 7.05 Å². The number of nitrogens with zero attached hydrogens (tertiary/aromatic N) is 4. The van der Waals surface area contributed by atoms with Crippen molar-refractivity contribution in [3.05, 3.63) is 11.8 Å². The lowest BCUT2D eigenvalue weighted by Crippen LogP contribution is -2.26. The second-order valence-corrected chi connectivity index (χ2v) is 3.67. The third-order valence-corrected chi connectivity index (χ3v) is 2.43. The molecule has 1 rings (SSSR count). The average molecular weight is 273 g/mol. The molecule has 0 amide bonds. The lowest BCUT2D eigenvalue weighted by atomic mass is 10.3. The first-order valence-electron chi connectivity index (χ1n) is 5.68. The van der Waals surface area contributed by atoms with Crippen LogP contribution in [0, 0.1) is 11.3 Å². The highest BCUT2D eigenvalue weighted by molar-refractivity contribution is 5.45. The molecule has 0 fully saturated rings. The first kappa shape index (κ1) is 15.0. The molecule has 1 N–H and O–H groups in total. The molecule has 0 aromatic carbocycles. The highest BCUT2D eigenvalue weighted by atomic mass is 19.4. The fraction of sp³-hybridized carbons (Fsp3) is 0.545. The maximum absolute atomic E-state index is 12.7. The van der Waals surface area contributed by atoms with Crippen molar-refractivity contribution < 1.29 is 13.2 Å². The molecule has 1 aromatic heterocycles. The van der Waals surface area contributed by atoms with Crippen LogP contribution in [-0.2, 0) is 6.18 Å². The number of rotatable bonds is 5. The van der Waals surface area contributed by atoms with E-state index in [0.29, 0.717) is 13.1 Å². The van der Waals surface area contributed by atoms with Crippen LogP contribution in [0.5, 0.6) is 0 Å². The van der Waals surface area contributed by atoms with Crippen molar-refractivity contribution in [3.8, 4) is 6.07 Å². The molecule has 8 heteroatoms. The van der Waals surface area contributed by atoms with Gasteiger partial charge in [0.15, 0.2) is 5.69 Å². The summed E-state index contributed by atoms with van der Waals surface area (Å²) in [6.45, 7) is 2.56. The molecule has 0 aliphatic carbocycles. The Labute approximate surface area is 109 Å². The van der Waals surface area contributed by atoms with Crippen molar-refractivity contribution in [1.82, 2.24) is 9.97 Å². The van der Waals surface area contributed by atoms with Crippen LogP contribution in [0.4, 0.5) is 24.9 Å². The van der Waals surface area contributed by atoms with E-state index in [4.69, 9.17) is 5.26 Å². The van der Waals surface area contributed by atoms with Gasteiger partial charge in [0.05, 0.1) is 12.5 Å². The molecule has 0 radical (unpaired) electrons. The number of alkyl halides is 3. The first-order valence-corrected chi connectivity index (χ1v) is 5.68. The number of anilines is 2. The molecule has 0 aliphatic heterocycles. The lowest BCUT2D eigenvalue weighted by Gasteiger charge is -2.22. The van der Waals surface area contributed by atoms with Crippen molar-refractivity contribution in [3.63, 3.8) is 0 Å². The molecular weight excluding hydrogens is 259 g/mol. The minimum absolute atomic E-state index is 0.0970. The summed E-state index contributed by atoms with van der Waals surface area (Å²) < 4.78 is 38.1. The number of aromatic nitrogens is 2. The molecule has 1 heterocycles. The molecule has 0 aliphatic rings. The van der Waals surface area contributed by atoms with Crippen LogP contribution >= 0.6 is 0 Å². The molecule has 0 saturated heterocycles. The van der Waals surface area contributed by atoms with Crippen LogP contribution in [0.3, 0.4) is 0 Å². The van der Waals surface area contributed by atoms with Gasteiger partial charge in [-0.2, -0.15) is 23.4 Å². The SMILES string of the molecule is CCN(CCC#N)c1cc(C(F)(F)F)nc(NC)n1. The fourth-order valence-corrected chi connectivity index (χ4v) is 1.47. The normalized spacial score (nSPS) is 10.9. The summed E-state index contributed by atoms with van der Waals surface area (Å²) in [6.07, 6.45) is -4.31. The summed E-state index contributed by atoms with van der Waals surface area (Å²) in [7, 11) is 1.45. The van der Waals surface area contributed by atoms with E-state index in [9.17, 15) is 13.2 Å². The summed E-state index contributed by atoms with van der Waals surface area (Å²) in [4.78, 5) is 8.96. The standard InChI is InChI=1S/C11H14F3N5/c1-3-19(6-4-5-15)9-7-8(11(12,13)14)17-10(16-2)18-9/h7H,3-4,6H2,1-2H3,(H,16,17,18). The molecule has 0 saturated carbocycles. The molecule has 0 bridgehead atoms. The Morgan fingerprint density at radius 3 is 2.58 bits per heavy atom. The van der Waals surface area contributed by atoms with Gasteiger partial charge in [-0.3, -0.25) is 0 Å². The Bertz CT molecular complexity index is 466. The van der Waals surface area contributed by atoms with Crippen molar-refractivity contribution >= 4 is 11.8 Å². The molecule has 1 aromatic rings. The first-order chi connectivity index (χ1) is 8.92. The Morgan fingerprint density at radius 1 is 1.42 bits per heavy atom. The highest BCUT2D eigenvalue weighted by Gasteiger charge is 2.34. The van der Waals surface area contributed by atoms with Crippen molar-refractivity contribution in [1.29, 1.82) is 5.26 Å². The number of nitriles is 1. The molecule has 104 valence electrons. The minimum atomic E-state index is -4.53. The number of hydrogen-bond acceptors (Lipinski definition) is 5. The number of nitrogens with one attached hydrogen (secondary N) is 1. The van der Waals surface area contributed by atoms with Gasteiger partial charge in [-0.25, -0.2) is 4.98 Å². The summed E-state index contributed by atoms with van der Waals surface area (Å²) in [5.41, 5.74) is -1.00. The van der Waals surface area contributed by atoms with Gasteiger partial charge in [0.2, 0.25) is 5.95 Å². The van der Waals surface area contributed by atoms with Crippen LogP contribution in [0.1, 0.15) is 19.0 Å². The van der Waals surface area contributed by atoms with Crippen molar-refractivity contribution in [2.24, 2.45) is 0 Å². The fourth-order valence-electron chi connectivity index (χ4n) is 1.47. The second-order valence-electron chi connectivity index (χ2n) is 3.67. The van der Waals surface area contributed by atoms with Crippen LogP contribution in [0.2, 0.25) is 0 Å². The Morgan fingerprint density at radius 2 is 2.11 bits per heavy atom. The van der Waals surface area contributed by atoms with Crippen molar-refractivity contribution in [2.75, 3.05) is 30.4 Å². The van der Waals surface area contributed by atoms with E-state index in [0.717, 1.165) is 6.07 Å². The van der Waals surface area contributed by atoms with Gasteiger partial charge in [0.25, 0.3) is 0 Å². The van der Waals surface area contributed by atoms with Crippen LogP contribution < -0.4 is 10.2 Å². The van der Waals surface area contributed by atoms with Gasteiger partial charge in [0.1, 0.15) is 5.82 Å². The van der Waals surface area contributed by atoms with Gasteiger partial charge in [-0.1, -0.05) is 0 Å². The number of halogens is 3. The summed E-state index contributed by atoms with van der Waals surface area (Å²) >= 11 is 0. The molecular formula is C11H14F3N5. The van der Waals surface area contributed by atoms with Gasteiger partial charge < -0.3 is 10.2 Å². The van der Waals surface area contributed by atoms with Gasteiger partial charge in [0, 0.05) is 26.2 Å². The quantitative estimate of drug-likeness (QED) is 0.891. The van der Waals surface area contributed by atoms with Crippen molar-refractivity contribution in [2.45, 2.75) is 19.5 Å². The third kappa shape index (κ3) is 3.98. The zero-order valence-electron chi connectivity index (χ0n) is 10.6. The molecule has 0 spiro atoms. The predicted octanol–water partition coefficient (Wildman–Crippen LogP) is 2.28. The Kier molecular flexibility index (Phi) is 4.92. The van der Waals surface area contributed by atoms with Crippen LogP contribution in [-0.4, -0.2) is 30.1 Å². The Hall–Kier alpha value is -2.04. The van der Waals surface area contributed by atoms with Gasteiger partial charge >= 0.3 is 6.18 Å². The molecule has 5 nitrogen and oxygen atoms in total. The van der Waals surface area contributed by atoms with E-state index < -0.39 is 11.9 Å². The van der Waals surface area contributed by atoms with E-state index in [-0.39, 0.29) is 18.2 Å². The highest BCUT2D eigenvalue weighted by Crippen LogP contribution is 2.30. The Balaban J connectivity index is 3.15. The zero-order valence-corrected chi connectivity index (χ0v) is 10.6. The monoisotopic (exact) mass is 273 g/mol. The van der Waals surface area contributed by atoms with Crippen LogP contribution in [0.25, 0.3) is 0 Å². The minimum Gasteiger partial charge on any atom is -0.357 e. The van der Waals surface area contributed by atoms with E-state index in [2.05, 4.69) is 15.3 Å². The second kappa shape index (κ2) is 6.22.